The van der Waals surface area contributed by atoms with Crippen LogP contribution < -0.4 is 5.32 Å². The van der Waals surface area contributed by atoms with Crippen molar-refractivity contribution in [1.82, 2.24) is 5.32 Å². The molecule has 1 amide bonds. The quantitative estimate of drug-likeness (QED) is 0.539. The van der Waals surface area contributed by atoms with Gasteiger partial charge in [-0.25, -0.2) is 0 Å². The molecule has 1 aliphatic rings. The van der Waals surface area contributed by atoms with Crippen LogP contribution >= 0.6 is 11.6 Å². The third-order valence-electron chi connectivity index (χ3n) is 2.71. The van der Waals surface area contributed by atoms with E-state index in [9.17, 15) is 4.79 Å². The number of carbonyl (C=O) groups excluding carboxylic acids is 1. The summed E-state index contributed by atoms with van der Waals surface area (Å²) in [6.45, 7) is 1.99. The summed E-state index contributed by atoms with van der Waals surface area (Å²) in [5, 5.41) is 2.95. The minimum absolute atomic E-state index is 0.227. The molecule has 0 unspecified atom stereocenters. The minimum atomic E-state index is 0.227. The Hall–Kier alpha value is -0.280. The lowest BCUT2D eigenvalue weighted by Gasteiger charge is -2.09. The fourth-order valence-electron chi connectivity index (χ4n) is 1.87. The molecule has 0 radical (unpaired) electrons. The van der Waals surface area contributed by atoms with Crippen molar-refractivity contribution in [2.24, 2.45) is 5.92 Å². The molecule has 4 heteroatoms. The molecule has 0 aromatic heterocycles. The van der Waals surface area contributed by atoms with E-state index in [1.807, 2.05) is 0 Å². The van der Waals surface area contributed by atoms with E-state index in [0.29, 0.717) is 19.1 Å². The van der Waals surface area contributed by atoms with Crippen LogP contribution in [0.4, 0.5) is 0 Å². The highest BCUT2D eigenvalue weighted by Crippen LogP contribution is 2.24. The standard InChI is InChI=1S/C11H20ClNO2/c12-6-9-15-8-3-7-13-11(14)10-4-1-2-5-10/h10H,1-9H2,(H,13,14). The second-order valence-electron chi connectivity index (χ2n) is 3.93. The Balaban J connectivity index is 1.92. The van der Waals surface area contributed by atoms with E-state index in [2.05, 4.69) is 5.32 Å². The molecule has 3 nitrogen and oxygen atoms in total. The predicted molar refractivity (Wildman–Crippen MR) is 61.1 cm³/mol. The van der Waals surface area contributed by atoms with Crippen LogP contribution in [0.15, 0.2) is 0 Å². The number of nitrogens with one attached hydrogen (secondary N) is 1. The molecule has 0 bridgehead atoms. The van der Waals surface area contributed by atoms with Crippen molar-refractivity contribution in [3.8, 4) is 0 Å². The van der Waals surface area contributed by atoms with Gasteiger partial charge in [-0.2, -0.15) is 0 Å². The summed E-state index contributed by atoms with van der Waals surface area (Å²) in [6.07, 6.45) is 5.41. The summed E-state index contributed by atoms with van der Waals surface area (Å²) in [5.74, 6) is 1.03. The molecule has 1 fully saturated rings. The normalized spacial score (nSPS) is 16.9. The number of amides is 1. The summed E-state index contributed by atoms with van der Waals surface area (Å²) in [6, 6.07) is 0. The van der Waals surface area contributed by atoms with Crippen LogP contribution in [0.1, 0.15) is 32.1 Å². The summed E-state index contributed by atoms with van der Waals surface area (Å²) in [7, 11) is 0. The minimum Gasteiger partial charge on any atom is -0.380 e. The molecule has 0 atom stereocenters. The van der Waals surface area contributed by atoms with Crippen LogP contribution in [0.2, 0.25) is 0 Å². The van der Waals surface area contributed by atoms with Gasteiger partial charge in [-0.05, 0) is 19.3 Å². The van der Waals surface area contributed by atoms with Crippen LogP contribution in [0.25, 0.3) is 0 Å². The second kappa shape index (κ2) is 7.94. The molecule has 0 spiro atoms. The van der Waals surface area contributed by atoms with E-state index >= 15 is 0 Å². The van der Waals surface area contributed by atoms with Crippen molar-refractivity contribution < 1.29 is 9.53 Å². The first-order chi connectivity index (χ1) is 7.34. The number of ether oxygens (including phenoxy) is 1. The van der Waals surface area contributed by atoms with Gasteiger partial charge < -0.3 is 10.1 Å². The average Bonchev–Trinajstić information content (AvgIpc) is 2.76. The topological polar surface area (TPSA) is 38.3 Å². The van der Waals surface area contributed by atoms with E-state index < -0.39 is 0 Å². The second-order valence-corrected chi connectivity index (χ2v) is 4.31. The SMILES string of the molecule is O=C(NCCCOCCCl)C1CCCC1. The Morgan fingerprint density at radius 1 is 1.33 bits per heavy atom. The number of carbonyl (C=O) groups is 1. The molecule has 15 heavy (non-hydrogen) atoms. The van der Waals surface area contributed by atoms with Gasteiger partial charge in [-0.3, -0.25) is 4.79 Å². The molecule has 88 valence electrons. The Morgan fingerprint density at radius 2 is 2.07 bits per heavy atom. The molecule has 1 saturated carbocycles. The van der Waals surface area contributed by atoms with E-state index in [0.717, 1.165) is 25.8 Å². The number of hydrogen-bond acceptors (Lipinski definition) is 2. The molecule has 0 aromatic carbocycles. The fourth-order valence-corrected chi connectivity index (χ4v) is 1.98. The maximum Gasteiger partial charge on any atom is 0.223 e. The summed E-state index contributed by atoms with van der Waals surface area (Å²) < 4.78 is 5.21. The Bertz CT molecular complexity index is 181. The molecule has 1 aliphatic carbocycles. The van der Waals surface area contributed by atoms with E-state index in [-0.39, 0.29) is 11.8 Å². The number of halogens is 1. The van der Waals surface area contributed by atoms with Gasteiger partial charge in [0.15, 0.2) is 0 Å². The molecular formula is C11H20ClNO2. The van der Waals surface area contributed by atoms with Crippen molar-refractivity contribution in [1.29, 1.82) is 0 Å². The third-order valence-corrected chi connectivity index (χ3v) is 2.87. The first-order valence-corrected chi connectivity index (χ1v) is 6.29. The smallest absolute Gasteiger partial charge is 0.223 e. The highest BCUT2D eigenvalue weighted by molar-refractivity contribution is 6.17. The third kappa shape index (κ3) is 5.38. The van der Waals surface area contributed by atoms with Gasteiger partial charge in [-0.15, -0.1) is 11.6 Å². The lowest BCUT2D eigenvalue weighted by molar-refractivity contribution is -0.124. The average molecular weight is 234 g/mol. The monoisotopic (exact) mass is 233 g/mol. The first kappa shape index (κ1) is 12.8. The zero-order chi connectivity index (χ0) is 10.9. The van der Waals surface area contributed by atoms with E-state index in [1.54, 1.807) is 0 Å². The number of hydrogen-bond donors (Lipinski definition) is 1. The van der Waals surface area contributed by atoms with Crippen molar-refractivity contribution in [3.63, 3.8) is 0 Å². The Kier molecular flexibility index (Phi) is 6.77. The molecule has 0 heterocycles. The number of rotatable bonds is 7. The summed E-state index contributed by atoms with van der Waals surface area (Å²) >= 11 is 5.46. The zero-order valence-corrected chi connectivity index (χ0v) is 9.89. The van der Waals surface area contributed by atoms with Crippen molar-refractivity contribution in [2.75, 3.05) is 25.6 Å². The van der Waals surface area contributed by atoms with Crippen molar-refractivity contribution in [3.05, 3.63) is 0 Å². The van der Waals surface area contributed by atoms with Gasteiger partial charge in [0.25, 0.3) is 0 Å². The molecule has 1 rings (SSSR count). The van der Waals surface area contributed by atoms with E-state index in [1.165, 1.54) is 12.8 Å². The van der Waals surface area contributed by atoms with Gasteiger partial charge in [0.05, 0.1) is 6.61 Å². The molecule has 0 aromatic rings. The zero-order valence-electron chi connectivity index (χ0n) is 9.14. The lowest BCUT2D eigenvalue weighted by atomic mass is 10.1. The predicted octanol–water partition coefficient (Wildman–Crippen LogP) is 1.94. The van der Waals surface area contributed by atoms with Crippen LogP contribution in [-0.2, 0) is 9.53 Å². The van der Waals surface area contributed by atoms with Crippen molar-refractivity contribution in [2.45, 2.75) is 32.1 Å². The van der Waals surface area contributed by atoms with Gasteiger partial charge in [-0.1, -0.05) is 12.8 Å². The number of alkyl halides is 1. The van der Waals surface area contributed by atoms with Gasteiger partial charge >= 0.3 is 0 Å². The molecule has 0 saturated heterocycles. The molecule has 0 aliphatic heterocycles. The molecular weight excluding hydrogens is 214 g/mol. The van der Waals surface area contributed by atoms with Crippen LogP contribution in [0.3, 0.4) is 0 Å². The highest BCUT2D eigenvalue weighted by Gasteiger charge is 2.21. The van der Waals surface area contributed by atoms with Crippen molar-refractivity contribution >= 4 is 17.5 Å². The van der Waals surface area contributed by atoms with Gasteiger partial charge in [0, 0.05) is 24.9 Å². The first-order valence-electron chi connectivity index (χ1n) is 5.76. The highest BCUT2D eigenvalue weighted by atomic mass is 35.5. The molecule has 1 N–H and O–H groups in total. The van der Waals surface area contributed by atoms with Crippen LogP contribution in [0.5, 0.6) is 0 Å². The van der Waals surface area contributed by atoms with Gasteiger partial charge in [0.1, 0.15) is 0 Å². The maximum absolute atomic E-state index is 11.6. The van der Waals surface area contributed by atoms with Crippen LogP contribution in [0, 0.1) is 5.92 Å². The van der Waals surface area contributed by atoms with Crippen LogP contribution in [-0.4, -0.2) is 31.5 Å². The lowest BCUT2D eigenvalue weighted by Crippen LogP contribution is -2.30. The van der Waals surface area contributed by atoms with Gasteiger partial charge in [0.2, 0.25) is 5.91 Å². The Morgan fingerprint density at radius 3 is 2.73 bits per heavy atom. The largest absolute Gasteiger partial charge is 0.380 e. The maximum atomic E-state index is 11.6. The summed E-state index contributed by atoms with van der Waals surface area (Å²) in [5.41, 5.74) is 0. The Labute approximate surface area is 96.5 Å². The summed E-state index contributed by atoms with van der Waals surface area (Å²) in [4.78, 5) is 11.6. The van der Waals surface area contributed by atoms with E-state index in [4.69, 9.17) is 16.3 Å². The fraction of sp³-hybridized carbons (Fsp3) is 0.909.